The van der Waals surface area contributed by atoms with Crippen molar-refractivity contribution in [3.05, 3.63) is 211 Å². The number of aromatic nitrogens is 3. The second-order valence-electron chi connectivity index (χ2n) is 14.4. The van der Waals surface area contributed by atoms with Gasteiger partial charge in [0.2, 0.25) is 0 Å². The van der Waals surface area contributed by atoms with Gasteiger partial charge in [0.15, 0.2) is 5.82 Å². The molecule has 0 fully saturated rings. The summed E-state index contributed by atoms with van der Waals surface area (Å²) >= 11 is 0. The van der Waals surface area contributed by atoms with E-state index in [1.807, 2.05) is 109 Å². The predicted molar refractivity (Wildman–Crippen MR) is 238 cm³/mol. The Morgan fingerprint density at radius 1 is 0.356 bits per heavy atom. The summed E-state index contributed by atoms with van der Waals surface area (Å²) in [4.78, 5) is 10.3. The molecule has 0 aliphatic rings. The molecule has 0 unspecified atom stereocenters. The normalized spacial score (nSPS) is 11.0. The van der Waals surface area contributed by atoms with Crippen LogP contribution in [0, 0.1) is 22.7 Å². The minimum absolute atomic E-state index is 0.537. The lowest BCUT2D eigenvalue weighted by Gasteiger charge is -2.22. The van der Waals surface area contributed by atoms with Crippen molar-refractivity contribution in [3.63, 3.8) is 0 Å². The van der Waals surface area contributed by atoms with Crippen molar-refractivity contribution < 1.29 is 0 Å². The van der Waals surface area contributed by atoms with E-state index in [1.54, 1.807) is 0 Å². The van der Waals surface area contributed by atoms with Crippen LogP contribution < -0.4 is 0 Å². The topological polar surface area (TPSA) is 78.3 Å². The monoisotopic (exact) mass is 751 g/mol. The molecule has 0 spiro atoms. The zero-order chi connectivity index (χ0) is 39.7. The summed E-state index contributed by atoms with van der Waals surface area (Å²) in [6.07, 6.45) is 0. The highest BCUT2D eigenvalue weighted by Gasteiger charge is 2.25. The summed E-state index contributed by atoms with van der Waals surface area (Å²) in [7, 11) is 0. The van der Waals surface area contributed by atoms with Crippen LogP contribution >= 0.6 is 0 Å². The minimum atomic E-state index is 0.537. The van der Waals surface area contributed by atoms with Crippen LogP contribution in [-0.2, 0) is 0 Å². The van der Waals surface area contributed by atoms with Gasteiger partial charge in [-0.2, -0.15) is 10.5 Å². The van der Waals surface area contributed by atoms with Crippen LogP contribution in [0.25, 0.3) is 94.8 Å². The lowest BCUT2D eigenvalue weighted by atomic mass is 9.88. The first-order valence-corrected chi connectivity index (χ1v) is 19.4. The van der Waals surface area contributed by atoms with Gasteiger partial charge in [0.25, 0.3) is 0 Å². The van der Waals surface area contributed by atoms with Gasteiger partial charge in [-0.15, -0.1) is 0 Å². The molecule has 10 rings (SSSR count). The molecule has 0 N–H and O–H groups in total. The molecule has 0 bridgehead atoms. The van der Waals surface area contributed by atoms with Crippen molar-refractivity contribution in [1.82, 2.24) is 14.5 Å². The van der Waals surface area contributed by atoms with Gasteiger partial charge < -0.3 is 4.57 Å². The van der Waals surface area contributed by atoms with Crippen LogP contribution in [0.2, 0.25) is 0 Å². The van der Waals surface area contributed by atoms with Gasteiger partial charge in [0.1, 0.15) is 0 Å². The zero-order valence-electron chi connectivity index (χ0n) is 31.8. The van der Waals surface area contributed by atoms with E-state index >= 15 is 0 Å². The summed E-state index contributed by atoms with van der Waals surface area (Å²) in [5.74, 6) is 0.598. The van der Waals surface area contributed by atoms with Gasteiger partial charge in [-0.3, -0.25) is 0 Å². The largest absolute Gasteiger partial charge is 0.308 e. The van der Waals surface area contributed by atoms with Crippen LogP contribution in [0.1, 0.15) is 11.1 Å². The van der Waals surface area contributed by atoms with Crippen molar-refractivity contribution in [2.45, 2.75) is 0 Å². The molecule has 0 aliphatic carbocycles. The van der Waals surface area contributed by atoms with E-state index in [0.717, 1.165) is 83.3 Å². The van der Waals surface area contributed by atoms with Gasteiger partial charge in [-0.1, -0.05) is 152 Å². The van der Waals surface area contributed by atoms with Crippen LogP contribution in [0.4, 0.5) is 0 Å². The Bertz CT molecular complexity index is 3140. The lowest BCUT2D eigenvalue weighted by molar-refractivity contribution is 1.17. The van der Waals surface area contributed by atoms with Gasteiger partial charge >= 0.3 is 0 Å². The first-order chi connectivity index (χ1) is 29.2. The van der Waals surface area contributed by atoms with E-state index in [2.05, 4.69) is 108 Å². The highest BCUT2D eigenvalue weighted by molar-refractivity contribution is 6.12. The van der Waals surface area contributed by atoms with Crippen molar-refractivity contribution in [3.8, 4) is 85.1 Å². The number of nitriles is 2. The molecular formula is C54H33N5. The van der Waals surface area contributed by atoms with Crippen molar-refractivity contribution in [2.75, 3.05) is 0 Å². The van der Waals surface area contributed by atoms with E-state index < -0.39 is 0 Å². The van der Waals surface area contributed by atoms with Crippen molar-refractivity contribution in [2.24, 2.45) is 0 Å². The standard InChI is InChI=1S/C54H33N5/c55-34-40-22-10-12-24-43(40)47-31-42(50-33-49(37-18-6-2-7-19-37)57-54(58-50)38-20-8-3-9-21-38)32-48(44-25-13-11-23-41(44)35-56)53(47)59-51-27-15-14-26-45(51)46-30-39(28-29-52(46)59)36-16-4-1-5-17-36/h1-33H. The smallest absolute Gasteiger partial charge is 0.160 e. The van der Waals surface area contributed by atoms with Crippen LogP contribution in [0.15, 0.2) is 200 Å². The van der Waals surface area contributed by atoms with E-state index in [-0.39, 0.29) is 0 Å². The predicted octanol–water partition coefficient (Wildman–Crippen LogP) is 13.3. The number of rotatable bonds is 7. The van der Waals surface area contributed by atoms with E-state index in [1.165, 1.54) is 0 Å². The molecule has 2 heterocycles. The Balaban J connectivity index is 1.35. The van der Waals surface area contributed by atoms with Crippen LogP contribution in [0.3, 0.4) is 0 Å². The fraction of sp³-hybridized carbons (Fsp3) is 0. The molecular weight excluding hydrogens is 719 g/mol. The Labute approximate surface area is 342 Å². The summed E-state index contributed by atoms with van der Waals surface area (Å²) in [5, 5.41) is 23.5. The third-order valence-corrected chi connectivity index (χ3v) is 10.9. The maximum atomic E-state index is 10.6. The average molecular weight is 752 g/mol. The number of nitrogens with zero attached hydrogens (tertiary/aromatic N) is 5. The number of benzene rings is 8. The molecule has 0 saturated heterocycles. The molecule has 0 amide bonds. The van der Waals surface area contributed by atoms with Crippen molar-refractivity contribution >= 4 is 21.8 Å². The molecule has 274 valence electrons. The summed E-state index contributed by atoms with van der Waals surface area (Å²) < 4.78 is 2.31. The van der Waals surface area contributed by atoms with Gasteiger partial charge in [0, 0.05) is 49.7 Å². The Hall–Kier alpha value is -8.38. The Morgan fingerprint density at radius 3 is 1.46 bits per heavy atom. The van der Waals surface area contributed by atoms with Gasteiger partial charge in [-0.05, 0) is 59.7 Å². The minimum Gasteiger partial charge on any atom is -0.308 e. The Morgan fingerprint density at radius 2 is 0.847 bits per heavy atom. The highest BCUT2D eigenvalue weighted by Crippen LogP contribution is 2.46. The second kappa shape index (κ2) is 14.9. The highest BCUT2D eigenvalue weighted by atomic mass is 15.0. The molecule has 0 atom stereocenters. The molecule has 10 aromatic rings. The van der Waals surface area contributed by atoms with E-state index in [4.69, 9.17) is 9.97 Å². The molecule has 0 saturated carbocycles. The molecule has 8 aromatic carbocycles. The number of para-hydroxylation sites is 1. The molecule has 2 aromatic heterocycles. The quantitative estimate of drug-likeness (QED) is 0.162. The van der Waals surface area contributed by atoms with E-state index in [9.17, 15) is 10.5 Å². The second-order valence-corrected chi connectivity index (χ2v) is 14.4. The summed E-state index contributed by atoms with van der Waals surface area (Å²) in [6.45, 7) is 0. The zero-order valence-corrected chi connectivity index (χ0v) is 31.8. The average Bonchev–Trinajstić information content (AvgIpc) is 3.65. The third-order valence-electron chi connectivity index (χ3n) is 10.9. The van der Waals surface area contributed by atoms with Gasteiger partial charge in [-0.25, -0.2) is 9.97 Å². The van der Waals surface area contributed by atoms with Crippen LogP contribution in [-0.4, -0.2) is 14.5 Å². The molecule has 5 heteroatoms. The maximum Gasteiger partial charge on any atom is 0.160 e. The molecule has 59 heavy (non-hydrogen) atoms. The summed E-state index contributed by atoms with van der Waals surface area (Å²) in [5.41, 5.74) is 13.6. The molecule has 0 aliphatic heterocycles. The third kappa shape index (κ3) is 6.30. The molecule has 5 nitrogen and oxygen atoms in total. The number of hydrogen-bond donors (Lipinski definition) is 0. The first kappa shape index (κ1) is 35.1. The first-order valence-electron chi connectivity index (χ1n) is 19.4. The lowest BCUT2D eigenvalue weighted by Crippen LogP contribution is -2.04. The Kier molecular flexibility index (Phi) is 8.88. The van der Waals surface area contributed by atoms with Crippen LogP contribution in [0.5, 0.6) is 0 Å². The number of hydrogen-bond acceptors (Lipinski definition) is 4. The maximum absolute atomic E-state index is 10.6. The number of fused-ring (bicyclic) bond motifs is 3. The fourth-order valence-corrected chi connectivity index (χ4v) is 8.16. The van der Waals surface area contributed by atoms with E-state index in [0.29, 0.717) is 22.6 Å². The van der Waals surface area contributed by atoms with Crippen molar-refractivity contribution in [1.29, 1.82) is 10.5 Å². The summed E-state index contributed by atoms with van der Waals surface area (Å²) in [6, 6.07) is 72.4. The van der Waals surface area contributed by atoms with Gasteiger partial charge in [0.05, 0.1) is 51.4 Å². The fourth-order valence-electron chi connectivity index (χ4n) is 8.16. The SMILES string of the molecule is N#Cc1ccccc1-c1cc(-c2cc(-c3ccccc3)nc(-c3ccccc3)n2)cc(-c2ccccc2C#N)c1-n1c2ccccc2c2cc(-c3ccccc3)ccc21. The molecule has 0 radical (unpaired) electrons.